The van der Waals surface area contributed by atoms with E-state index >= 15 is 0 Å². The Morgan fingerprint density at radius 1 is 1.19 bits per heavy atom. The van der Waals surface area contributed by atoms with Crippen LogP contribution in [0.25, 0.3) is 11.1 Å². The molecule has 1 amide bonds. The second kappa shape index (κ2) is 5.87. The van der Waals surface area contributed by atoms with Crippen LogP contribution >= 0.6 is 0 Å². The van der Waals surface area contributed by atoms with Gasteiger partial charge in [-0.3, -0.25) is 9.89 Å². The molecule has 1 spiro atoms. The minimum absolute atomic E-state index is 0.108. The molecule has 1 aromatic heterocycles. The predicted octanol–water partition coefficient (Wildman–Crippen LogP) is 3.23. The molecule has 27 heavy (non-hydrogen) atoms. The van der Waals surface area contributed by atoms with Crippen LogP contribution in [0.3, 0.4) is 0 Å². The van der Waals surface area contributed by atoms with Gasteiger partial charge in [0.05, 0.1) is 24.6 Å². The molecule has 1 saturated heterocycles. The molecule has 136 valence electrons. The molecule has 3 heterocycles. The van der Waals surface area contributed by atoms with Crippen molar-refractivity contribution in [2.24, 2.45) is 0 Å². The zero-order valence-electron chi connectivity index (χ0n) is 15.0. The summed E-state index contributed by atoms with van der Waals surface area (Å²) in [6.45, 7) is 0.665. The van der Waals surface area contributed by atoms with Crippen molar-refractivity contribution in [3.8, 4) is 16.9 Å². The number of ether oxygens (including phenoxy) is 1. The summed E-state index contributed by atoms with van der Waals surface area (Å²) >= 11 is 0. The lowest BCUT2D eigenvalue weighted by atomic mass is 9.93. The first-order valence-corrected chi connectivity index (χ1v) is 9.06. The van der Waals surface area contributed by atoms with Crippen molar-refractivity contribution < 1.29 is 9.53 Å². The van der Waals surface area contributed by atoms with Crippen LogP contribution < -0.4 is 15.0 Å². The number of H-pyrrole nitrogens is 1. The molecule has 6 nitrogen and oxygen atoms in total. The number of aromatic nitrogens is 2. The molecule has 0 radical (unpaired) electrons. The topological polar surface area (TPSA) is 70.2 Å². The third kappa shape index (κ3) is 2.33. The Kier molecular flexibility index (Phi) is 3.47. The van der Waals surface area contributed by atoms with Gasteiger partial charge in [0.25, 0.3) is 5.91 Å². The molecule has 2 N–H and O–H groups in total. The molecular weight excluding hydrogens is 340 g/mol. The van der Waals surface area contributed by atoms with Crippen molar-refractivity contribution in [1.82, 2.24) is 10.2 Å². The lowest BCUT2D eigenvalue weighted by Gasteiger charge is -2.25. The summed E-state index contributed by atoms with van der Waals surface area (Å²) in [4.78, 5) is 15.4. The van der Waals surface area contributed by atoms with Gasteiger partial charge in [-0.15, -0.1) is 0 Å². The number of benzene rings is 2. The van der Waals surface area contributed by atoms with E-state index in [0.29, 0.717) is 6.54 Å². The molecule has 2 aliphatic heterocycles. The van der Waals surface area contributed by atoms with Crippen LogP contribution in [-0.2, 0) is 11.2 Å². The number of hydrogen-bond acceptors (Lipinski definition) is 4. The van der Waals surface area contributed by atoms with Crippen LogP contribution in [0.1, 0.15) is 12.0 Å². The zero-order valence-corrected chi connectivity index (χ0v) is 15.0. The highest BCUT2D eigenvalue weighted by molar-refractivity contribution is 6.08. The maximum absolute atomic E-state index is 13.5. The second-order valence-electron chi connectivity index (χ2n) is 7.09. The van der Waals surface area contributed by atoms with Crippen LogP contribution in [0.5, 0.6) is 5.75 Å². The first kappa shape index (κ1) is 15.9. The molecule has 1 unspecified atom stereocenters. The van der Waals surface area contributed by atoms with E-state index in [0.717, 1.165) is 41.1 Å². The Balaban J connectivity index is 1.55. The van der Waals surface area contributed by atoms with Crippen molar-refractivity contribution in [1.29, 1.82) is 0 Å². The molecule has 5 rings (SSSR count). The van der Waals surface area contributed by atoms with Crippen molar-refractivity contribution >= 4 is 17.3 Å². The van der Waals surface area contributed by atoms with E-state index in [1.165, 1.54) is 5.56 Å². The highest BCUT2D eigenvalue weighted by Gasteiger charge is 2.50. The lowest BCUT2D eigenvalue weighted by molar-refractivity contribution is -0.120. The summed E-state index contributed by atoms with van der Waals surface area (Å²) in [5.74, 6) is 0.835. The molecule has 0 bridgehead atoms. The monoisotopic (exact) mass is 360 g/mol. The van der Waals surface area contributed by atoms with Crippen LogP contribution in [-0.4, -0.2) is 35.3 Å². The third-order valence-corrected chi connectivity index (χ3v) is 5.60. The first-order chi connectivity index (χ1) is 13.2. The van der Waals surface area contributed by atoms with E-state index in [1.54, 1.807) is 13.3 Å². The van der Waals surface area contributed by atoms with Crippen LogP contribution in [0.15, 0.2) is 54.9 Å². The Labute approximate surface area is 157 Å². The van der Waals surface area contributed by atoms with Crippen LogP contribution in [0, 0.1) is 0 Å². The quantitative estimate of drug-likeness (QED) is 0.752. The van der Waals surface area contributed by atoms with Gasteiger partial charge in [-0.2, -0.15) is 5.10 Å². The van der Waals surface area contributed by atoms with E-state index in [2.05, 4.69) is 21.6 Å². The average Bonchev–Trinajstić information content (AvgIpc) is 3.41. The summed E-state index contributed by atoms with van der Waals surface area (Å²) in [6, 6.07) is 14.0. The van der Waals surface area contributed by atoms with E-state index < -0.39 is 5.54 Å². The van der Waals surface area contributed by atoms with Gasteiger partial charge in [-0.05, 0) is 30.2 Å². The molecule has 6 heteroatoms. The zero-order chi connectivity index (χ0) is 18.4. The minimum Gasteiger partial charge on any atom is -0.496 e. The van der Waals surface area contributed by atoms with Crippen molar-refractivity contribution in [3.63, 3.8) is 0 Å². The summed E-state index contributed by atoms with van der Waals surface area (Å²) in [6.07, 6.45) is 5.06. The highest BCUT2D eigenvalue weighted by atomic mass is 16.5. The number of para-hydroxylation sites is 1. The van der Waals surface area contributed by atoms with Crippen LogP contribution in [0.4, 0.5) is 11.4 Å². The van der Waals surface area contributed by atoms with E-state index in [-0.39, 0.29) is 5.91 Å². The molecule has 2 aliphatic rings. The van der Waals surface area contributed by atoms with Gasteiger partial charge in [-0.1, -0.05) is 24.3 Å². The van der Waals surface area contributed by atoms with E-state index in [4.69, 9.17) is 4.74 Å². The smallest absolute Gasteiger partial charge is 0.253 e. The summed E-state index contributed by atoms with van der Waals surface area (Å²) in [5.41, 5.74) is 4.35. The first-order valence-electron chi connectivity index (χ1n) is 9.06. The highest BCUT2D eigenvalue weighted by Crippen LogP contribution is 2.44. The maximum Gasteiger partial charge on any atom is 0.253 e. The number of carbonyl (C=O) groups excluding carboxylic acids is 1. The number of hydrogen-bond donors (Lipinski definition) is 2. The number of methoxy groups -OCH3 is 1. The number of nitrogens with zero attached hydrogens (tertiary/aromatic N) is 2. The van der Waals surface area contributed by atoms with Crippen LogP contribution in [0.2, 0.25) is 0 Å². The number of carbonyl (C=O) groups is 1. The second-order valence-corrected chi connectivity index (χ2v) is 7.09. The summed E-state index contributed by atoms with van der Waals surface area (Å²) in [5, 5.41) is 10.4. The molecule has 1 fully saturated rings. The molecule has 0 aliphatic carbocycles. The molecule has 2 aromatic carbocycles. The number of amides is 1. The predicted molar refractivity (Wildman–Crippen MR) is 104 cm³/mol. The summed E-state index contributed by atoms with van der Waals surface area (Å²) < 4.78 is 5.58. The Morgan fingerprint density at radius 3 is 2.85 bits per heavy atom. The van der Waals surface area contributed by atoms with Crippen molar-refractivity contribution in [3.05, 3.63) is 60.4 Å². The molecule has 3 aromatic rings. The lowest BCUT2D eigenvalue weighted by Crippen LogP contribution is -2.45. The Morgan fingerprint density at radius 2 is 2.07 bits per heavy atom. The average molecular weight is 360 g/mol. The number of aromatic amines is 1. The fraction of sp³-hybridized carbons (Fsp3) is 0.238. The number of fused-ring (bicyclic) bond motifs is 1. The Bertz CT molecular complexity index is 988. The largest absolute Gasteiger partial charge is 0.496 e. The SMILES string of the molecule is COc1cccc(N2CCC3(Cc4ccccc4N3)C2=O)c1-c1cn[nH]c1. The van der Waals surface area contributed by atoms with Gasteiger partial charge in [0, 0.05) is 30.4 Å². The van der Waals surface area contributed by atoms with E-state index in [1.807, 2.05) is 47.5 Å². The number of anilines is 2. The van der Waals surface area contributed by atoms with Gasteiger partial charge in [-0.25, -0.2) is 0 Å². The van der Waals surface area contributed by atoms with Gasteiger partial charge >= 0.3 is 0 Å². The normalized spacial score (nSPS) is 20.8. The maximum atomic E-state index is 13.5. The molecule has 0 saturated carbocycles. The minimum atomic E-state index is -0.555. The molecular formula is C21H20N4O2. The third-order valence-electron chi connectivity index (χ3n) is 5.60. The van der Waals surface area contributed by atoms with Crippen molar-refractivity contribution in [2.75, 3.05) is 23.9 Å². The number of rotatable bonds is 3. The van der Waals surface area contributed by atoms with Gasteiger partial charge in [0.1, 0.15) is 11.3 Å². The van der Waals surface area contributed by atoms with Gasteiger partial charge in [0.15, 0.2) is 0 Å². The standard InChI is InChI=1S/C21H20N4O2/c1-27-18-8-4-7-17(19(18)15-12-22-23-13-15)25-10-9-21(20(25)26)11-14-5-2-3-6-16(14)24-21/h2-8,12-13,24H,9-11H2,1H3,(H,22,23). The van der Waals surface area contributed by atoms with E-state index in [9.17, 15) is 4.79 Å². The number of nitrogens with one attached hydrogen (secondary N) is 2. The summed E-state index contributed by atoms with van der Waals surface area (Å²) in [7, 11) is 1.64. The molecule has 1 atom stereocenters. The van der Waals surface area contributed by atoms with Gasteiger partial charge < -0.3 is 15.0 Å². The Hall–Kier alpha value is -3.28. The fourth-order valence-corrected chi connectivity index (χ4v) is 4.30. The van der Waals surface area contributed by atoms with Gasteiger partial charge in [0.2, 0.25) is 0 Å². The fourth-order valence-electron chi connectivity index (χ4n) is 4.30. The van der Waals surface area contributed by atoms with Crippen molar-refractivity contribution in [2.45, 2.75) is 18.4 Å².